The molecule has 0 amide bonds. The van der Waals surface area contributed by atoms with Gasteiger partial charge in [-0.3, -0.25) is 4.40 Å². The Morgan fingerprint density at radius 2 is 1.91 bits per heavy atom. The van der Waals surface area contributed by atoms with Crippen LogP contribution in [-0.4, -0.2) is 29.0 Å². The second kappa shape index (κ2) is 4.51. The summed E-state index contributed by atoms with van der Waals surface area (Å²) in [5, 5.41) is 1.10. The molecule has 3 aromatic heterocycles. The van der Waals surface area contributed by atoms with Crippen LogP contribution in [0.1, 0.15) is 5.69 Å². The van der Waals surface area contributed by atoms with Gasteiger partial charge in [0.1, 0.15) is 11.8 Å². The highest BCUT2D eigenvalue weighted by molar-refractivity contribution is 7.89. The summed E-state index contributed by atoms with van der Waals surface area (Å²) in [4.78, 5) is 8.94. The normalized spacial score (nSPS) is 12.4. The van der Waals surface area contributed by atoms with Gasteiger partial charge < -0.3 is 0 Å². The molecule has 0 spiro atoms. The van der Waals surface area contributed by atoms with Crippen molar-refractivity contribution in [2.45, 2.75) is 5.75 Å². The molecule has 6 heteroatoms. The molecule has 0 radical (unpaired) electrons. The Morgan fingerprint density at radius 3 is 2.73 bits per heavy atom. The van der Waals surface area contributed by atoms with Gasteiger partial charge in [-0.15, -0.1) is 0 Å². The van der Waals surface area contributed by atoms with Crippen LogP contribution in [0.2, 0.25) is 0 Å². The summed E-state index contributed by atoms with van der Waals surface area (Å²) in [7, 11) is -3.11. The first-order valence-electron chi connectivity index (χ1n) is 6.83. The van der Waals surface area contributed by atoms with Gasteiger partial charge in [-0.2, -0.15) is 0 Å². The first-order chi connectivity index (χ1) is 10.5. The number of nitrogens with zero attached hydrogens (tertiary/aromatic N) is 3. The fraction of sp³-hybridized carbons (Fsp3) is 0.125. The molecule has 4 rings (SSSR count). The van der Waals surface area contributed by atoms with Gasteiger partial charge in [-0.1, -0.05) is 18.2 Å². The minimum Gasteiger partial charge on any atom is -0.298 e. The molecule has 0 atom stereocenters. The van der Waals surface area contributed by atoms with Crippen molar-refractivity contribution in [2.75, 3.05) is 6.26 Å². The topological polar surface area (TPSA) is 64.3 Å². The fourth-order valence-electron chi connectivity index (χ4n) is 2.74. The zero-order chi connectivity index (χ0) is 15.3. The van der Waals surface area contributed by atoms with Crippen molar-refractivity contribution in [1.82, 2.24) is 14.4 Å². The Hall–Kier alpha value is -2.47. The van der Waals surface area contributed by atoms with Crippen molar-refractivity contribution in [3.05, 3.63) is 54.5 Å². The predicted molar refractivity (Wildman–Crippen MR) is 86.5 cm³/mol. The number of rotatable bonds is 2. The van der Waals surface area contributed by atoms with Crippen molar-refractivity contribution in [3.8, 4) is 0 Å². The van der Waals surface area contributed by atoms with Gasteiger partial charge in [-0.25, -0.2) is 18.4 Å². The first kappa shape index (κ1) is 13.2. The summed E-state index contributed by atoms with van der Waals surface area (Å²) in [6, 6.07) is 13.6. The lowest BCUT2D eigenvalue weighted by atomic mass is 10.2. The second-order valence-corrected chi connectivity index (χ2v) is 7.58. The lowest BCUT2D eigenvalue weighted by Gasteiger charge is -2.04. The minimum atomic E-state index is -3.11. The lowest BCUT2D eigenvalue weighted by molar-refractivity contribution is 0.600. The van der Waals surface area contributed by atoms with Gasteiger partial charge in [0, 0.05) is 11.6 Å². The van der Waals surface area contributed by atoms with E-state index >= 15 is 0 Å². The van der Waals surface area contributed by atoms with Crippen LogP contribution >= 0.6 is 0 Å². The molecule has 4 aromatic rings. The van der Waals surface area contributed by atoms with Gasteiger partial charge in [-0.05, 0) is 24.3 Å². The zero-order valence-electron chi connectivity index (χ0n) is 11.9. The standard InChI is InChI=1S/C16H13N3O2S/c1-22(20,21)9-12-6-7-13-16(18-12)15-8-11-4-2-3-5-14(11)19(15)10-17-13/h2-8,10H,9H2,1H3. The number of fused-ring (bicyclic) bond motifs is 5. The van der Waals surface area contributed by atoms with Crippen molar-refractivity contribution in [3.63, 3.8) is 0 Å². The van der Waals surface area contributed by atoms with E-state index in [0.717, 1.165) is 27.5 Å². The van der Waals surface area contributed by atoms with E-state index in [2.05, 4.69) is 16.0 Å². The summed E-state index contributed by atoms with van der Waals surface area (Å²) in [6.45, 7) is 0. The predicted octanol–water partition coefficient (Wildman–Crippen LogP) is 2.58. The highest BCUT2D eigenvalue weighted by Gasteiger charge is 2.11. The Labute approximate surface area is 127 Å². The number of para-hydroxylation sites is 1. The fourth-order valence-corrected chi connectivity index (χ4v) is 3.43. The van der Waals surface area contributed by atoms with Crippen LogP contribution in [0.3, 0.4) is 0 Å². The van der Waals surface area contributed by atoms with Crippen LogP contribution < -0.4 is 0 Å². The van der Waals surface area contributed by atoms with Crippen LogP contribution in [0, 0.1) is 0 Å². The van der Waals surface area contributed by atoms with Gasteiger partial charge in [0.25, 0.3) is 0 Å². The lowest BCUT2D eigenvalue weighted by Crippen LogP contribution is -2.03. The maximum absolute atomic E-state index is 11.5. The van der Waals surface area contributed by atoms with E-state index in [0.29, 0.717) is 5.69 Å². The molecule has 0 fully saturated rings. The summed E-state index contributed by atoms with van der Waals surface area (Å²) < 4.78 is 24.9. The molecule has 0 saturated heterocycles. The van der Waals surface area contributed by atoms with Gasteiger partial charge in [0.15, 0.2) is 9.84 Å². The largest absolute Gasteiger partial charge is 0.298 e. The number of hydrogen-bond donors (Lipinski definition) is 0. The third-order valence-corrected chi connectivity index (χ3v) is 4.46. The van der Waals surface area contributed by atoms with E-state index in [1.165, 1.54) is 6.26 Å². The van der Waals surface area contributed by atoms with Crippen LogP contribution in [0.25, 0.3) is 27.5 Å². The van der Waals surface area contributed by atoms with Crippen LogP contribution in [0.5, 0.6) is 0 Å². The molecule has 0 bridgehead atoms. The van der Waals surface area contributed by atoms with Crippen molar-refractivity contribution in [1.29, 1.82) is 0 Å². The van der Waals surface area contributed by atoms with E-state index in [1.54, 1.807) is 12.4 Å². The number of benzene rings is 1. The van der Waals surface area contributed by atoms with Crippen LogP contribution in [-0.2, 0) is 15.6 Å². The molecule has 5 nitrogen and oxygen atoms in total. The average molecular weight is 311 g/mol. The highest BCUT2D eigenvalue weighted by Crippen LogP contribution is 2.24. The van der Waals surface area contributed by atoms with E-state index in [-0.39, 0.29) is 5.75 Å². The monoisotopic (exact) mass is 311 g/mol. The Bertz CT molecular complexity index is 1130. The van der Waals surface area contributed by atoms with Crippen LogP contribution in [0.15, 0.2) is 48.8 Å². The summed E-state index contributed by atoms with van der Waals surface area (Å²) in [5.74, 6) is -0.0653. The minimum absolute atomic E-state index is 0.0653. The molecular weight excluding hydrogens is 298 g/mol. The summed E-state index contributed by atoms with van der Waals surface area (Å²) in [5.41, 5.74) is 4.01. The molecule has 0 aliphatic carbocycles. The van der Waals surface area contributed by atoms with Crippen molar-refractivity contribution in [2.24, 2.45) is 0 Å². The van der Waals surface area contributed by atoms with Gasteiger partial charge in [0.05, 0.1) is 28.0 Å². The maximum Gasteiger partial charge on any atom is 0.153 e. The Balaban J connectivity index is 2.06. The summed E-state index contributed by atoms with van der Waals surface area (Å²) >= 11 is 0. The smallest absolute Gasteiger partial charge is 0.153 e. The third-order valence-electron chi connectivity index (χ3n) is 3.64. The molecular formula is C16H13N3O2S. The molecule has 110 valence electrons. The number of aromatic nitrogens is 3. The molecule has 0 aliphatic heterocycles. The van der Waals surface area contributed by atoms with Gasteiger partial charge >= 0.3 is 0 Å². The maximum atomic E-state index is 11.5. The van der Waals surface area contributed by atoms with Crippen molar-refractivity contribution >= 4 is 37.3 Å². The quantitative estimate of drug-likeness (QED) is 0.571. The van der Waals surface area contributed by atoms with E-state index in [9.17, 15) is 8.42 Å². The van der Waals surface area contributed by atoms with Crippen LogP contribution in [0.4, 0.5) is 0 Å². The number of hydrogen-bond acceptors (Lipinski definition) is 4. The molecule has 0 saturated carbocycles. The Kier molecular flexibility index (Phi) is 2.71. The third kappa shape index (κ3) is 2.12. The molecule has 0 N–H and O–H groups in total. The highest BCUT2D eigenvalue weighted by atomic mass is 32.2. The molecule has 22 heavy (non-hydrogen) atoms. The van der Waals surface area contributed by atoms with E-state index < -0.39 is 9.84 Å². The summed E-state index contributed by atoms with van der Waals surface area (Å²) in [6.07, 6.45) is 2.99. The molecule has 3 heterocycles. The van der Waals surface area contributed by atoms with Gasteiger partial charge in [0.2, 0.25) is 0 Å². The van der Waals surface area contributed by atoms with Crippen molar-refractivity contribution < 1.29 is 8.42 Å². The Morgan fingerprint density at radius 1 is 1.09 bits per heavy atom. The van der Waals surface area contributed by atoms with E-state index in [1.807, 2.05) is 34.7 Å². The number of pyridine rings is 1. The number of sulfone groups is 1. The zero-order valence-corrected chi connectivity index (χ0v) is 12.7. The molecule has 0 unspecified atom stereocenters. The average Bonchev–Trinajstić information content (AvgIpc) is 2.84. The SMILES string of the molecule is CS(=O)(=O)Cc1ccc2ncn3c4ccccc4cc3c2n1. The molecule has 1 aromatic carbocycles. The molecule has 0 aliphatic rings. The van der Waals surface area contributed by atoms with E-state index in [4.69, 9.17) is 0 Å². The first-order valence-corrected chi connectivity index (χ1v) is 8.89. The second-order valence-electron chi connectivity index (χ2n) is 5.44.